The Balaban J connectivity index is 1.69. The average molecular weight is 330 g/mol. The molecule has 0 unspecified atom stereocenters. The first-order valence-electron chi connectivity index (χ1n) is 7.03. The zero-order valence-corrected chi connectivity index (χ0v) is 14.0. The van der Waals surface area contributed by atoms with Gasteiger partial charge in [-0.2, -0.15) is 0 Å². The minimum absolute atomic E-state index is 0.214. The van der Waals surface area contributed by atoms with Gasteiger partial charge in [0.05, 0.1) is 11.4 Å². The van der Waals surface area contributed by atoms with Gasteiger partial charge in [0.2, 0.25) is 11.8 Å². The molecule has 0 aliphatic heterocycles. The lowest BCUT2D eigenvalue weighted by molar-refractivity contribution is 0.502. The van der Waals surface area contributed by atoms with Crippen molar-refractivity contribution < 1.29 is 9.05 Å². The Kier molecular flexibility index (Phi) is 6.88. The molecule has 0 atom stereocenters. The van der Waals surface area contributed by atoms with Crippen LogP contribution in [0.4, 0.5) is 11.4 Å². The fraction of sp³-hybridized carbons (Fsp3) is 0.125. The van der Waals surface area contributed by atoms with Crippen LogP contribution in [0.5, 0.6) is 0 Å². The molecule has 0 spiro atoms. The second-order valence-electron chi connectivity index (χ2n) is 4.50. The van der Waals surface area contributed by atoms with E-state index in [1.54, 1.807) is 13.8 Å². The minimum atomic E-state index is -0.214. The van der Waals surface area contributed by atoms with E-state index in [2.05, 4.69) is 21.1 Å². The third kappa shape index (κ3) is 6.80. The quantitative estimate of drug-likeness (QED) is 0.356. The molecule has 6 nitrogen and oxygen atoms in total. The lowest BCUT2D eigenvalue weighted by Crippen LogP contribution is -2.01. The van der Waals surface area contributed by atoms with Gasteiger partial charge in [-0.25, -0.2) is 0 Å². The molecule has 2 rings (SSSR count). The summed E-state index contributed by atoms with van der Waals surface area (Å²) >= 11 is 0. The number of rotatable bonds is 6. The fourth-order valence-electron chi connectivity index (χ4n) is 1.50. The summed E-state index contributed by atoms with van der Waals surface area (Å²) in [5.74, 6) is 0.965. The van der Waals surface area contributed by atoms with E-state index in [4.69, 9.17) is 9.05 Å². The zero-order chi connectivity index (χ0) is 16.3. The molecule has 7 heteroatoms. The van der Waals surface area contributed by atoms with E-state index in [0.717, 1.165) is 11.4 Å². The summed E-state index contributed by atoms with van der Waals surface area (Å²) in [6, 6.07) is 19.3. The molecule has 23 heavy (non-hydrogen) atoms. The molecule has 0 fully saturated rings. The SMILES string of the molecule is CC(=NNc1ccccc1)OPOC(C)=NNc1ccccc1. The van der Waals surface area contributed by atoms with Crippen molar-refractivity contribution in [3.63, 3.8) is 0 Å². The second kappa shape index (κ2) is 9.43. The third-order valence-corrected chi connectivity index (χ3v) is 3.37. The van der Waals surface area contributed by atoms with E-state index in [0.29, 0.717) is 11.8 Å². The number of hydrogen-bond donors (Lipinski definition) is 2. The number of hydrogen-bond acceptors (Lipinski definition) is 6. The van der Waals surface area contributed by atoms with Crippen molar-refractivity contribution in [1.29, 1.82) is 0 Å². The molecule has 0 aliphatic rings. The molecule has 120 valence electrons. The monoisotopic (exact) mass is 330 g/mol. The molecule has 0 bridgehead atoms. The van der Waals surface area contributed by atoms with Gasteiger partial charge >= 0.3 is 0 Å². The summed E-state index contributed by atoms with van der Waals surface area (Å²) in [6.45, 7) is 3.50. The van der Waals surface area contributed by atoms with Gasteiger partial charge in [0.15, 0.2) is 0 Å². The number of nitrogens with one attached hydrogen (secondary N) is 2. The Morgan fingerprint density at radius 1 is 0.739 bits per heavy atom. The Morgan fingerprint density at radius 3 is 1.52 bits per heavy atom. The Labute approximate surface area is 137 Å². The van der Waals surface area contributed by atoms with Gasteiger partial charge in [0, 0.05) is 13.8 Å². The van der Waals surface area contributed by atoms with Crippen LogP contribution in [-0.4, -0.2) is 11.8 Å². The summed E-state index contributed by atoms with van der Waals surface area (Å²) in [5, 5.41) is 8.20. The molecule has 2 aromatic rings. The Morgan fingerprint density at radius 2 is 1.13 bits per heavy atom. The van der Waals surface area contributed by atoms with Crippen LogP contribution in [0.1, 0.15) is 13.8 Å². The first-order valence-corrected chi connectivity index (χ1v) is 7.85. The maximum atomic E-state index is 5.37. The van der Waals surface area contributed by atoms with Gasteiger partial charge in [0.1, 0.15) is 0 Å². The Hall–Kier alpha value is -2.59. The van der Waals surface area contributed by atoms with Crippen LogP contribution in [0.15, 0.2) is 70.9 Å². The topological polar surface area (TPSA) is 67.2 Å². The molecule has 0 aliphatic carbocycles. The summed E-state index contributed by atoms with van der Waals surface area (Å²) in [7, 11) is -0.214. The van der Waals surface area contributed by atoms with Crippen LogP contribution in [-0.2, 0) is 9.05 Å². The Bertz CT molecular complexity index is 590. The zero-order valence-electron chi connectivity index (χ0n) is 13.0. The average Bonchev–Trinajstić information content (AvgIpc) is 2.60. The van der Waals surface area contributed by atoms with Crippen molar-refractivity contribution in [3.05, 3.63) is 60.7 Å². The van der Waals surface area contributed by atoms with Crippen molar-refractivity contribution in [1.82, 2.24) is 0 Å². The van der Waals surface area contributed by atoms with E-state index in [1.165, 1.54) is 0 Å². The van der Waals surface area contributed by atoms with Crippen LogP contribution < -0.4 is 10.9 Å². The highest BCUT2D eigenvalue weighted by atomic mass is 31.1. The van der Waals surface area contributed by atoms with E-state index in [1.807, 2.05) is 60.7 Å². The molecule has 0 radical (unpaired) electrons. The maximum Gasteiger partial charge on any atom is 0.277 e. The predicted molar refractivity (Wildman–Crippen MR) is 96.8 cm³/mol. The molecule has 2 N–H and O–H groups in total. The first-order chi connectivity index (χ1) is 11.2. The van der Waals surface area contributed by atoms with Crippen LogP contribution >= 0.6 is 9.03 Å². The molecule has 2 aromatic carbocycles. The summed E-state index contributed by atoms with van der Waals surface area (Å²) < 4.78 is 10.7. The van der Waals surface area contributed by atoms with E-state index < -0.39 is 0 Å². The molecule has 0 aromatic heterocycles. The highest BCUT2D eigenvalue weighted by molar-refractivity contribution is 7.27. The number of hydrazone groups is 2. The predicted octanol–water partition coefficient (Wildman–Crippen LogP) is 4.42. The van der Waals surface area contributed by atoms with Gasteiger partial charge in [-0.05, 0) is 24.3 Å². The van der Waals surface area contributed by atoms with Gasteiger partial charge in [0.25, 0.3) is 9.03 Å². The normalized spacial score (nSPS) is 12.3. The second-order valence-corrected chi connectivity index (χ2v) is 5.08. The van der Waals surface area contributed by atoms with Gasteiger partial charge in [-0.15, -0.1) is 10.2 Å². The largest absolute Gasteiger partial charge is 0.425 e. The smallest absolute Gasteiger partial charge is 0.277 e. The van der Waals surface area contributed by atoms with E-state index in [-0.39, 0.29) is 9.03 Å². The van der Waals surface area contributed by atoms with Gasteiger partial charge < -0.3 is 9.05 Å². The van der Waals surface area contributed by atoms with Crippen molar-refractivity contribution in [2.75, 3.05) is 10.9 Å². The number of nitrogens with zero attached hydrogens (tertiary/aromatic N) is 2. The van der Waals surface area contributed by atoms with Crippen LogP contribution in [0.2, 0.25) is 0 Å². The van der Waals surface area contributed by atoms with E-state index in [9.17, 15) is 0 Å². The van der Waals surface area contributed by atoms with E-state index >= 15 is 0 Å². The number of benzene rings is 2. The molecule has 0 saturated carbocycles. The minimum Gasteiger partial charge on any atom is -0.425 e. The summed E-state index contributed by atoms with van der Waals surface area (Å²) in [6.07, 6.45) is 0. The first kappa shape index (κ1) is 16.8. The standard InChI is InChI=1S/C16H19N4O2P/c1-13(17-19-15-9-5-3-6-10-15)21-23-22-14(2)18-20-16-11-7-4-8-12-16/h3-12,19-20,23H,1-2H3. The summed E-state index contributed by atoms with van der Waals surface area (Å²) in [5.41, 5.74) is 7.58. The fourth-order valence-corrected chi connectivity index (χ4v) is 1.87. The van der Waals surface area contributed by atoms with Crippen molar-refractivity contribution >= 4 is 32.2 Å². The van der Waals surface area contributed by atoms with Crippen LogP contribution in [0.3, 0.4) is 0 Å². The molecule has 0 saturated heterocycles. The molecule has 0 amide bonds. The van der Waals surface area contributed by atoms with Gasteiger partial charge in [-0.3, -0.25) is 10.9 Å². The maximum absolute atomic E-state index is 5.37. The third-order valence-electron chi connectivity index (χ3n) is 2.61. The number of anilines is 2. The lowest BCUT2D eigenvalue weighted by atomic mass is 10.3. The van der Waals surface area contributed by atoms with Crippen molar-refractivity contribution in [2.24, 2.45) is 10.2 Å². The molecule has 0 heterocycles. The van der Waals surface area contributed by atoms with Crippen LogP contribution in [0, 0.1) is 0 Å². The number of para-hydroxylation sites is 2. The van der Waals surface area contributed by atoms with Crippen molar-refractivity contribution in [2.45, 2.75) is 13.8 Å². The van der Waals surface area contributed by atoms with Crippen LogP contribution in [0.25, 0.3) is 0 Å². The summed E-state index contributed by atoms with van der Waals surface area (Å²) in [4.78, 5) is 0. The molecular formula is C16H19N4O2P. The highest BCUT2D eigenvalue weighted by Crippen LogP contribution is 2.16. The lowest BCUT2D eigenvalue weighted by Gasteiger charge is -2.07. The highest BCUT2D eigenvalue weighted by Gasteiger charge is 1.97. The van der Waals surface area contributed by atoms with Gasteiger partial charge in [-0.1, -0.05) is 36.4 Å². The molecular weight excluding hydrogens is 311 g/mol. The van der Waals surface area contributed by atoms with Crippen molar-refractivity contribution in [3.8, 4) is 0 Å².